The fourth-order valence-corrected chi connectivity index (χ4v) is 5.65. The molecular formula is C19H26ClN3O3S. The zero-order valence-corrected chi connectivity index (χ0v) is 17.1. The summed E-state index contributed by atoms with van der Waals surface area (Å²) in [5.41, 5.74) is 6.68. The minimum absolute atomic E-state index is 0. The van der Waals surface area contributed by atoms with Gasteiger partial charge in [0.2, 0.25) is 15.9 Å². The number of fused-ring (bicyclic) bond motifs is 1. The van der Waals surface area contributed by atoms with Gasteiger partial charge in [-0.15, -0.1) is 12.4 Å². The average Bonchev–Trinajstić information content (AvgIpc) is 2.61. The highest BCUT2D eigenvalue weighted by Gasteiger charge is 2.36. The Kier molecular flexibility index (Phi) is 6.86. The first-order chi connectivity index (χ1) is 12.3. The standard InChI is InChI=1S/C19H25N3O3S.ClH/c1-13(20)18-9-5-6-12-22(18)26(24,25)19-11-10-17(21-14(2)23)15-7-3-4-8-16(15)19;/h3-4,7-8,10-11,13,18H,5-6,9,12,20H2,1-2H3,(H,21,23);1H. The topological polar surface area (TPSA) is 92.5 Å². The van der Waals surface area contributed by atoms with Crippen molar-refractivity contribution in [3.05, 3.63) is 36.4 Å². The number of anilines is 1. The van der Waals surface area contributed by atoms with Gasteiger partial charge in [-0.2, -0.15) is 4.31 Å². The van der Waals surface area contributed by atoms with Crippen LogP contribution in [0.3, 0.4) is 0 Å². The number of nitrogens with one attached hydrogen (secondary N) is 1. The first-order valence-electron chi connectivity index (χ1n) is 8.89. The number of hydrogen-bond donors (Lipinski definition) is 2. The van der Waals surface area contributed by atoms with E-state index >= 15 is 0 Å². The van der Waals surface area contributed by atoms with Crippen molar-refractivity contribution in [1.82, 2.24) is 4.31 Å². The number of hydrogen-bond acceptors (Lipinski definition) is 4. The number of sulfonamides is 1. The second-order valence-electron chi connectivity index (χ2n) is 6.88. The maximum absolute atomic E-state index is 13.4. The fourth-order valence-electron chi connectivity index (χ4n) is 3.68. The van der Waals surface area contributed by atoms with E-state index in [1.165, 1.54) is 6.92 Å². The number of nitrogens with two attached hydrogens (primary N) is 1. The highest BCUT2D eigenvalue weighted by molar-refractivity contribution is 7.89. The number of piperidine rings is 1. The minimum Gasteiger partial charge on any atom is -0.326 e. The Balaban J connectivity index is 0.00000261. The molecule has 3 rings (SSSR count). The third kappa shape index (κ3) is 4.27. The van der Waals surface area contributed by atoms with Crippen molar-refractivity contribution in [1.29, 1.82) is 0 Å². The third-order valence-corrected chi connectivity index (χ3v) is 6.87. The van der Waals surface area contributed by atoms with Gasteiger partial charge in [-0.25, -0.2) is 8.42 Å². The summed E-state index contributed by atoms with van der Waals surface area (Å²) < 4.78 is 28.4. The summed E-state index contributed by atoms with van der Waals surface area (Å²) in [6, 6.07) is 10.0. The molecule has 1 saturated heterocycles. The molecule has 0 aliphatic carbocycles. The van der Waals surface area contributed by atoms with Crippen LogP contribution in [0.25, 0.3) is 10.8 Å². The minimum atomic E-state index is -3.69. The van der Waals surface area contributed by atoms with E-state index in [-0.39, 0.29) is 35.3 Å². The lowest BCUT2D eigenvalue weighted by Crippen LogP contribution is -2.51. The largest absolute Gasteiger partial charge is 0.326 e. The summed E-state index contributed by atoms with van der Waals surface area (Å²) in [5.74, 6) is -0.196. The van der Waals surface area contributed by atoms with Crippen LogP contribution in [-0.2, 0) is 14.8 Å². The lowest BCUT2D eigenvalue weighted by Gasteiger charge is -2.37. The Labute approximate surface area is 166 Å². The summed E-state index contributed by atoms with van der Waals surface area (Å²) in [4.78, 5) is 11.7. The van der Waals surface area contributed by atoms with Crippen molar-refractivity contribution in [3.8, 4) is 0 Å². The van der Waals surface area contributed by atoms with Crippen molar-refractivity contribution >= 4 is 44.8 Å². The smallest absolute Gasteiger partial charge is 0.243 e. The van der Waals surface area contributed by atoms with Crippen LogP contribution in [0, 0.1) is 0 Å². The summed E-state index contributed by atoms with van der Waals surface area (Å²) >= 11 is 0. The number of rotatable bonds is 4. The molecule has 2 aromatic carbocycles. The number of benzene rings is 2. The van der Waals surface area contributed by atoms with Gasteiger partial charge >= 0.3 is 0 Å². The maximum Gasteiger partial charge on any atom is 0.243 e. The van der Waals surface area contributed by atoms with Crippen LogP contribution >= 0.6 is 12.4 Å². The molecule has 1 aliphatic rings. The second-order valence-corrected chi connectivity index (χ2v) is 8.74. The van der Waals surface area contributed by atoms with Gasteiger partial charge in [-0.3, -0.25) is 4.79 Å². The van der Waals surface area contributed by atoms with E-state index in [1.807, 2.05) is 19.1 Å². The lowest BCUT2D eigenvalue weighted by molar-refractivity contribution is -0.114. The summed E-state index contributed by atoms with van der Waals surface area (Å²) in [7, 11) is -3.69. The molecule has 0 spiro atoms. The van der Waals surface area contributed by atoms with Crippen molar-refractivity contribution in [2.75, 3.05) is 11.9 Å². The SMILES string of the molecule is CC(=O)Nc1ccc(S(=O)(=O)N2CCCCC2C(C)N)c2ccccc12.Cl. The average molecular weight is 412 g/mol. The molecular weight excluding hydrogens is 386 g/mol. The molecule has 0 saturated carbocycles. The van der Waals surface area contributed by atoms with Crippen LogP contribution in [0.5, 0.6) is 0 Å². The molecule has 1 heterocycles. The Morgan fingerprint density at radius 1 is 1.19 bits per heavy atom. The number of amides is 1. The molecule has 0 bridgehead atoms. The number of carbonyl (C=O) groups is 1. The van der Waals surface area contributed by atoms with Gasteiger partial charge in [0.25, 0.3) is 0 Å². The Morgan fingerprint density at radius 2 is 1.85 bits per heavy atom. The van der Waals surface area contributed by atoms with Gasteiger partial charge in [-0.05, 0) is 31.9 Å². The molecule has 1 amide bonds. The van der Waals surface area contributed by atoms with Crippen LogP contribution < -0.4 is 11.1 Å². The molecule has 6 nitrogen and oxygen atoms in total. The molecule has 2 aromatic rings. The van der Waals surface area contributed by atoms with Gasteiger partial charge in [0.15, 0.2) is 0 Å². The molecule has 1 fully saturated rings. The van der Waals surface area contributed by atoms with Gasteiger partial charge in [-0.1, -0.05) is 30.7 Å². The van der Waals surface area contributed by atoms with Crippen LogP contribution in [-0.4, -0.2) is 37.3 Å². The zero-order chi connectivity index (χ0) is 18.9. The Hall–Kier alpha value is -1.67. The molecule has 148 valence electrons. The van der Waals surface area contributed by atoms with Crippen LogP contribution in [0.15, 0.2) is 41.3 Å². The second kappa shape index (κ2) is 8.56. The van der Waals surface area contributed by atoms with Gasteiger partial charge < -0.3 is 11.1 Å². The Bertz CT molecular complexity index is 931. The van der Waals surface area contributed by atoms with Crippen LogP contribution in [0.2, 0.25) is 0 Å². The van der Waals surface area contributed by atoms with E-state index < -0.39 is 10.0 Å². The first kappa shape index (κ1) is 21.6. The predicted octanol–water partition coefficient (Wildman–Crippen LogP) is 3.11. The van der Waals surface area contributed by atoms with Gasteiger partial charge in [0.1, 0.15) is 0 Å². The normalized spacial score (nSPS) is 19.3. The van der Waals surface area contributed by atoms with Crippen LogP contribution in [0.1, 0.15) is 33.1 Å². The molecule has 2 unspecified atom stereocenters. The fraction of sp³-hybridized carbons (Fsp3) is 0.421. The zero-order valence-electron chi connectivity index (χ0n) is 15.5. The highest BCUT2D eigenvalue weighted by atomic mass is 35.5. The van der Waals surface area contributed by atoms with Crippen molar-refractivity contribution in [3.63, 3.8) is 0 Å². The van der Waals surface area contributed by atoms with Crippen molar-refractivity contribution in [2.45, 2.75) is 50.1 Å². The van der Waals surface area contributed by atoms with Crippen molar-refractivity contribution in [2.24, 2.45) is 5.73 Å². The van der Waals surface area contributed by atoms with E-state index in [4.69, 9.17) is 5.73 Å². The molecule has 0 radical (unpaired) electrons. The number of halogens is 1. The molecule has 2 atom stereocenters. The van der Waals surface area contributed by atoms with E-state index in [9.17, 15) is 13.2 Å². The molecule has 8 heteroatoms. The molecule has 3 N–H and O–H groups in total. The van der Waals surface area contributed by atoms with E-state index in [1.54, 1.807) is 28.6 Å². The molecule has 27 heavy (non-hydrogen) atoms. The van der Waals surface area contributed by atoms with Crippen LogP contribution in [0.4, 0.5) is 5.69 Å². The summed E-state index contributed by atoms with van der Waals surface area (Å²) in [6.45, 7) is 3.77. The first-order valence-corrected chi connectivity index (χ1v) is 10.3. The predicted molar refractivity (Wildman–Crippen MR) is 111 cm³/mol. The monoisotopic (exact) mass is 411 g/mol. The van der Waals surface area contributed by atoms with Gasteiger partial charge in [0.05, 0.1) is 4.90 Å². The van der Waals surface area contributed by atoms with E-state index in [0.717, 1.165) is 19.3 Å². The number of nitrogens with zero attached hydrogens (tertiary/aromatic N) is 1. The third-order valence-electron chi connectivity index (χ3n) is 4.89. The lowest BCUT2D eigenvalue weighted by atomic mass is 10.00. The summed E-state index contributed by atoms with van der Waals surface area (Å²) in [6.07, 6.45) is 2.60. The number of carbonyl (C=O) groups excluding carboxylic acids is 1. The maximum atomic E-state index is 13.4. The summed E-state index contributed by atoms with van der Waals surface area (Å²) in [5, 5.41) is 4.08. The van der Waals surface area contributed by atoms with Crippen molar-refractivity contribution < 1.29 is 13.2 Å². The Morgan fingerprint density at radius 3 is 2.48 bits per heavy atom. The van der Waals surface area contributed by atoms with E-state index in [0.29, 0.717) is 23.0 Å². The quantitative estimate of drug-likeness (QED) is 0.808. The van der Waals surface area contributed by atoms with E-state index in [2.05, 4.69) is 5.32 Å². The van der Waals surface area contributed by atoms with Gasteiger partial charge in [0, 0.05) is 42.0 Å². The highest BCUT2D eigenvalue weighted by Crippen LogP contribution is 2.34. The molecule has 1 aliphatic heterocycles. The molecule has 0 aromatic heterocycles.